The summed E-state index contributed by atoms with van der Waals surface area (Å²) in [4.78, 5) is 5.98. The van der Waals surface area contributed by atoms with Gasteiger partial charge in [-0.25, -0.2) is 4.98 Å². The fraction of sp³-hybridized carbons (Fsp3) is 0.118. The van der Waals surface area contributed by atoms with Crippen molar-refractivity contribution in [3.8, 4) is 0 Å². The first-order valence-electron chi connectivity index (χ1n) is 6.79. The molecule has 0 aliphatic rings. The van der Waals surface area contributed by atoms with Crippen molar-refractivity contribution in [3.05, 3.63) is 64.6 Å². The summed E-state index contributed by atoms with van der Waals surface area (Å²) < 4.78 is 1.09. The summed E-state index contributed by atoms with van der Waals surface area (Å²) in [5, 5.41) is 2.20. The average molecular weight is 359 g/mol. The molecule has 1 heterocycles. The predicted octanol–water partition coefficient (Wildman–Crippen LogP) is 4.65. The van der Waals surface area contributed by atoms with Gasteiger partial charge < -0.3 is 5.73 Å². The molecule has 0 aliphatic heterocycles. The van der Waals surface area contributed by atoms with E-state index < -0.39 is 0 Å². The summed E-state index contributed by atoms with van der Waals surface area (Å²) in [7, 11) is 0. The molecule has 0 atom stereocenters. The number of para-hydroxylation sites is 1. The molecule has 0 saturated carbocycles. The Hall–Kier alpha value is -1.36. The van der Waals surface area contributed by atoms with Crippen molar-refractivity contribution in [1.29, 1.82) is 0 Å². The van der Waals surface area contributed by atoms with Gasteiger partial charge in [0.25, 0.3) is 0 Å². The molecule has 0 spiro atoms. The molecule has 4 heteroatoms. The Labute approximate surface area is 136 Å². The van der Waals surface area contributed by atoms with Crippen LogP contribution in [0.15, 0.2) is 69.0 Å². The zero-order valence-electron chi connectivity index (χ0n) is 11.4. The molecule has 0 radical (unpaired) electrons. The van der Waals surface area contributed by atoms with E-state index >= 15 is 0 Å². The fourth-order valence-electron chi connectivity index (χ4n) is 2.20. The first-order chi connectivity index (χ1) is 10.3. The normalized spacial score (nSPS) is 11.0. The van der Waals surface area contributed by atoms with Crippen LogP contribution in [-0.2, 0) is 6.42 Å². The molecule has 0 aliphatic carbocycles. The Bertz CT molecular complexity index is 774. The molecule has 2 aromatic carbocycles. The van der Waals surface area contributed by atoms with Crippen LogP contribution < -0.4 is 5.73 Å². The number of halogens is 1. The molecule has 0 amide bonds. The molecular formula is C17H15BrN2S. The van der Waals surface area contributed by atoms with E-state index in [1.54, 1.807) is 11.8 Å². The number of pyridine rings is 1. The average Bonchev–Trinajstić information content (AvgIpc) is 2.50. The monoisotopic (exact) mass is 358 g/mol. The second-order valence-corrected chi connectivity index (χ2v) is 6.60. The third kappa shape index (κ3) is 3.28. The van der Waals surface area contributed by atoms with Gasteiger partial charge in [-0.3, -0.25) is 0 Å². The first-order valence-corrected chi connectivity index (χ1v) is 8.40. The molecule has 0 saturated heterocycles. The van der Waals surface area contributed by atoms with Gasteiger partial charge in [0.05, 0.1) is 5.52 Å². The maximum absolute atomic E-state index is 5.75. The van der Waals surface area contributed by atoms with Crippen LogP contribution in [-0.4, -0.2) is 11.5 Å². The van der Waals surface area contributed by atoms with Crippen LogP contribution in [0.1, 0.15) is 5.56 Å². The molecule has 3 rings (SSSR count). The number of hydrogen-bond acceptors (Lipinski definition) is 3. The van der Waals surface area contributed by atoms with Crippen molar-refractivity contribution in [2.45, 2.75) is 16.3 Å². The first kappa shape index (κ1) is 14.6. The molecular weight excluding hydrogens is 344 g/mol. The second kappa shape index (κ2) is 6.60. The summed E-state index contributed by atoms with van der Waals surface area (Å²) in [6, 6.07) is 18.6. The molecule has 21 heavy (non-hydrogen) atoms. The predicted molar refractivity (Wildman–Crippen MR) is 92.8 cm³/mol. The van der Waals surface area contributed by atoms with Crippen LogP contribution in [0, 0.1) is 0 Å². The SMILES string of the molecule is NCCc1cc2ccccc2nc1Sc1ccccc1Br. The highest BCUT2D eigenvalue weighted by molar-refractivity contribution is 9.10. The van der Waals surface area contributed by atoms with E-state index in [-0.39, 0.29) is 0 Å². The van der Waals surface area contributed by atoms with E-state index in [1.165, 1.54) is 10.5 Å². The van der Waals surface area contributed by atoms with Crippen molar-refractivity contribution in [2.24, 2.45) is 5.73 Å². The highest BCUT2D eigenvalue weighted by Crippen LogP contribution is 2.35. The lowest BCUT2D eigenvalue weighted by molar-refractivity contribution is 0.922. The summed E-state index contributed by atoms with van der Waals surface area (Å²) >= 11 is 5.28. The van der Waals surface area contributed by atoms with Gasteiger partial charge >= 0.3 is 0 Å². The van der Waals surface area contributed by atoms with Gasteiger partial charge in [-0.15, -0.1) is 0 Å². The Kier molecular flexibility index (Phi) is 4.58. The van der Waals surface area contributed by atoms with E-state index in [9.17, 15) is 0 Å². The summed E-state index contributed by atoms with van der Waals surface area (Å²) in [5.74, 6) is 0. The van der Waals surface area contributed by atoms with Gasteiger partial charge in [0, 0.05) is 14.8 Å². The minimum Gasteiger partial charge on any atom is -0.330 e. The van der Waals surface area contributed by atoms with E-state index in [0.29, 0.717) is 6.54 Å². The highest BCUT2D eigenvalue weighted by Gasteiger charge is 2.10. The molecule has 106 valence electrons. The number of fused-ring (bicyclic) bond motifs is 1. The number of benzene rings is 2. The number of rotatable bonds is 4. The van der Waals surface area contributed by atoms with Crippen molar-refractivity contribution >= 4 is 38.6 Å². The number of aromatic nitrogens is 1. The van der Waals surface area contributed by atoms with E-state index in [0.717, 1.165) is 26.8 Å². The molecule has 3 aromatic rings. The molecule has 0 bridgehead atoms. The highest BCUT2D eigenvalue weighted by atomic mass is 79.9. The fourth-order valence-corrected chi connectivity index (χ4v) is 3.68. The minimum absolute atomic E-state index is 0.629. The van der Waals surface area contributed by atoms with E-state index in [4.69, 9.17) is 10.7 Å². The van der Waals surface area contributed by atoms with Gasteiger partial charge in [-0.1, -0.05) is 42.1 Å². The Balaban J connectivity index is 2.07. The Morgan fingerprint density at radius 3 is 2.62 bits per heavy atom. The zero-order chi connectivity index (χ0) is 14.7. The largest absolute Gasteiger partial charge is 0.330 e. The number of nitrogens with two attached hydrogens (primary N) is 1. The topological polar surface area (TPSA) is 38.9 Å². The standard InChI is InChI=1S/C17H15BrN2S/c18-14-6-2-4-8-16(14)21-17-13(9-10-19)11-12-5-1-3-7-15(12)20-17/h1-8,11H,9-10,19H2. The summed E-state index contributed by atoms with van der Waals surface area (Å²) in [6.45, 7) is 0.629. The minimum atomic E-state index is 0.629. The number of nitrogens with zero attached hydrogens (tertiary/aromatic N) is 1. The van der Waals surface area contributed by atoms with Crippen LogP contribution in [0.25, 0.3) is 10.9 Å². The third-order valence-corrected chi connectivity index (χ3v) is 5.30. The maximum atomic E-state index is 5.75. The van der Waals surface area contributed by atoms with Crippen molar-refractivity contribution in [3.63, 3.8) is 0 Å². The summed E-state index contributed by atoms with van der Waals surface area (Å²) in [5.41, 5.74) is 7.98. The lowest BCUT2D eigenvalue weighted by Gasteiger charge is -2.10. The van der Waals surface area contributed by atoms with Gasteiger partial charge in [-0.05, 0) is 58.7 Å². The van der Waals surface area contributed by atoms with Crippen LogP contribution in [0.2, 0.25) is 0 Å². The molecule has 1 aromatic heterocycles. The van der Waals surface area contributed by atoms with Crippen LogP contribution in [0.5, 0.6) is 0 Å². The second-order valence-electron chi connectivity index (χ2n) is 4.72. The third-order valence-electron chi connectivity index (χ3n) is 3.22. The van der Waals surface area contributed by atoms with Crippen LogP contribution in [0.4, 0.5) is 0 Å². The summed E-state index contributed by atoms with van der Waals surface area (Å²) in [6.07, 6.45) is 0.838. The van der Waals surface area contributed by atoms with Gasteiger partial charge in [0.15, 0.2) is 0 Å². The lowest BCUT2D eigenvalue weighted by atomic mass is 10.1. The Morgan fingerprint density at radius 1 is 1.05 bits per heavy atom. The van der Waals surface area contributed by atoms with Crippen molar-refractivity contribution in [1.82, 2.24) is 4.98 Å². The quantitative estimate of drug-likeness (QED) is 0.737. The number of hydrogen-bond donors (Lipinski definition) is 1. The Morgan fingerprint density at radius 2 is 1.81 bits per heavy atom. The zero-order valence-corrected chi connectivity index (χ0v) is 13.8. The van der Waals surface area contributed by atoms with E-state index in [2.05, 4.69) is 34.1 Å². The maximum Gasteiger partial charge on any atom is 0.105 e. The van der Waals surface area contributed by atoms with Gasteiger partial charge in [0.2, 0.25) is 0 Å². The van der Waals surface area contributed by atoms with Crippen LogP contribution >= 0.6 is 27.7 Å². The molecule has 2 N–H and O–H groups in total. The lowest BCUT2D eigenvalue weighted by Crippen LogP contribution is -2.04. The van der Waals surface area contributed by atoms with Crippen LogP contribution in [0.3, 0.4) is 0 Å². The molecule has 0 fully saturated rings. The van der Waals surface area contributed by atoms with Crippen molar-refractivity contribution in [2.75, 3.05) is 6.54 Å². The van der Waals surface area contributed by atoms with Gasteiger partial charge in [0.1, 0.15) is 5.03 Å². The van der Waals surface area contributed by atoms with Crippen molar-refractivity contribution < 1.29 is 0 Å². The van der Waals surface area contributed by atoms with E-state index in [1.807, 2.05) is 36.4 Å². The molecule has 0 unspecified atom stereocenters. The molecule has 2 nitrogen and oxygen atoms in total. The smallest absolute Gasteiger partial charge is 0.105 e. The van der Waals surface area contributed by atoms with Gasteiger partial charge in [-0.2, -0.15) is 0 Å².